The molecule has 0 radical (unpaired) electrons. The van der Waals surface area contributed by atoms with Crippen molar-refractivity contribution in [2.24, 2.45) is 0 Å². The molecule has 170 valence electrons. The number of thiocarbonyl (C=S) groups is 1. The second-order valence-electron chi connectivity index (χ2n) is 7.47. The van der Waals surface area contributed by atoms with E-state index in [2.05, 4.69) is 21.5 Å². The predicted molar refractivity (Wildman–Crippen MR) is 127 cm³/mol. The quantitative estimate of drug-likeness (QED) is 0.377. The van der Waals surface area contributed by atoms with E-state index in [1.165, 1.54) is 0 Å². The number of rotatable bonds is 7. The molecule has 0 unspecified atom stereocenters. The van der Waals surface area contributed by atoms with Crippen LogP contribution in [0.5, 0.6) is 5.75 Å². The lowest BCUT2D eigenvalue weighted by Crippen LogP contribution is -2.49. The van der Waals surface area contributed by atoms with Crippen LogP contribution in [0.25, 0.3) is 0 Å². The van der Waals surface area contributed by atoms with E-state index in [4.69, 9.17) is 17.0 Å². The molecule has 4 N–H and O–H groups in total. The lowest BCUT2D eigenvalue weighted by atomic mass is 10.1. The van der Waals surface area contributed by atoms with Gasteiger partial charge >= 0.3 is 0 Å². The van der Waals surface area contributed by atoms with E-state index in [9.17, 15) is 14.4 Å². The van der Waals surface area contributed by atoms with Crippen molar-refractivity contribution < 1.29 is 19.1 Å². The van der Waals surface area contributed by atoms with Crippen molar-refractivity contribution in [3.63, 3.8) is 0 Å². The van der Waals surface area contributed by atoms with Gasteiger partial charge in [-0.3, -0.25) is 30.6 Å². The van der Waals surface area contributed by atoms with Gasteiger partial charge in [-0.2, -0.15) is 0 Å². The molecular weight excluding hydrogens is 428 g/mol. The number of carbonyl (C=O) groups excluding carboxylic acids is 3. The molecule has 2 aromatic rings. The number of hydrogen-bond acceptors (Lipinski definition) is 5. The first-order valence-electron chi connectivity index (χ1n) is 10.1. The lowest BCUT2D eigenvalue weighted by molar-refractivity contribution is -0.125. The van der Waals surface area contributed by atoms with Crippen LogP contribution in [0.2, 0.25) is 0 Å². The Kier molecular flexibility index (Phi) is 9.15. The van der Waals surface area contributed by atoms with Crippen LogP contribution in [0.4, 0.5) is 5.69 Å². The minimum absolute atomic E-state index is 0.00367. The Balaban J connectivity index is 1.67. The summed E-state index contributed by atoms with van der Waals surface area (Å²) in [5, 5.41) is 5.13. The van der Waals surface area contributed by atoms with Crippen molar-refractivity contribution >= 4 is 40.7 Å². The summed E-state index contributed by atoms with van der Waals surface area (Å²) in [5.74, 6) is -0.560. The maximum Gasteiger partial charge on any atom is 0.264 e. The van der Waals surface area contributed by atoms with Gasteiger partial charge < -0.3 is 10.1 Å². The summed E-state index contributed by atoms with van der Waals surface area (Å²) >= 11 is 4.98. The highest BCUT2D eigenvalue weighted by Crippen LogP contribution is 2.19. The van der Waals surface area contributed by atoms with Crippen molar-refractivity contribution in [1.29, 1.82) is 0 Å². The van der Waals surface area contributed by atoms with E-state index < -0.39 is 11.8 Å². The summed E-state index contributed by atoms with van der Waals surface area (Å²) in [6.45, 7) is 7.43. The molecule has 0 heterocycles. The Morgan fingerprint density at radius 2 is 1.44 bits per heavy atom. The molecule has 0 spiro atoms. The number of benzene rings is 2. The van der Waals surface area contributed by atoms with E-state index in [1.54, 1.807) is 0 Å². The summed E-state index contributed by atoms with van der Waals surface area (Å²) in [5.41, 5.74) is 9.42. The number of hydrazine groups is 1. The molecule has 3 amide bonds. The molecule has 0 fully saturated rings. The normalized spacial score (nSPS) is 10.1. The van der Waals surface area contributed by atoms with E-state index in [1.807, 2.05) is 64.1 Å². The molecule has 9 heteroatoms. The lowest BCUT2D eigenvalue weighted by Gasteiger charge is -2.13. The highest BCUT2D eigenvalue weighted by Gasteiger charge is 2.11. The van der Waals surface area contributed by atoms with Crippen LogP contribution in [0.15, 0.2) is 36.4 Å². The number of carbonyl (C=O) groups is 3. The summed E-state index contributed by atoms with van der Waals surface area (Å²) in [6.07, 6.45) is -0.0420. The van der Waals surface area contributed by atoms with Crippen LogP contribution < -0.4 is 26.2 Å². The number of aryl methyl sites for hydroxylation is 4. The zero-order valence-electron chi connectivity index (χ0n) is 18.6. The van der Waals surface area contributed by atoms with Gasteiger partial charge in [0.2, 0.25) is 11.8 Å². The van der Waals surface area contributed by atoms with Crippen LogP contribution in [0, 0.1) is 27.7 Å². The SMILES string of the molecule is Cc1ccc(C)c(NC(=O)CCC(=O)NNC(=S)NC(=O)COc2cc(C)ccc2C)c1. The largest absolute Gasteiger partial charge is 0.483 e. The maximum absolute atomic E-state index is 12.1. The zero-order chi connectivity index (χ0) is 23.7. The Morgan fingerprint density at radius 1 is 0.812 bits per heavy atom. The molecule has 0 saturated heterocycles. The zero-order valence-corrected chi connectivity index (χ0v) is 19.4. The van der Waals surface area contributed by atoms with Crippen molar-refractivity contribution in [1.82, 2.24) is 16.2 Å². The summed E-state index contributed by atoms with van der Waals surface area (Å²) in [6, 6.07) is 11.5. The molecule has 0 atom stereocenters. The van der Waals surface area contributed by atoms with E-state index in [0.29, 0.717) is 5.75 Å². The van der Waals surface area contributed by atoms with Crippen LogP contribution in [0.1, 0.15) is 35.1 Å². The molecule has 32 heavy (non-hydrogen) atoms. The van der Waals surface area contributed by atoms with Gasteiger partial charge in [-0.05, 0) is 74.3 Å². The molecule has 0 saturated carbocycles. The average Bonchev–Trinajstić information content (AvgIpc) is 2.74. The van der Waals surface area contributed by atoms with Crippen LogP contribution in [-0.2, 0) is 14.4 Å². The van der Waals surface area contributed by atoms with Crippen LogP contribution >= 0.6 is 12.2 Å². The minimum atomic E-state index is -0.467. The van der Waals surface area contributed by atoms with Crippen molar-refractivity contribution in [2.75, 3.05) is 11.9 Å². The van der Waals surface area contributed by atoms with Gasteiger partial charge in [-0.15, -0.1) is 0 Å². The summed E-state index contributed by atoms with van der Waals surface area (Å²) in [7, 11) is 0. The summed E-state index contributed by atoms with van der Waals surface area (Å²) < 4.78 is 5.50. The molecule has 0 aliphatic rings. The first-order valence-corrected chi connectivity index (χ1v) is 10.5. The minimum Gasteiger partial charge on any atom is -0.483 e. The van der Waals surface area contributed by atoms with Gasteiger partial charge in [0.15, 0.2) is 11.7 Å². The van der Waals surface area contributed by atoms with E-state index in [-0.39, 0.29) is 30.5 Å². The van der Waals surface area contributed by atoms with Gasteiger partial charge in [0.1, 0.15) is 5.75 Å². The fourth-order valence-corrected chi connectivity index (χ4v) is 2.86. The third-order valence-corrected chi connectivity index (χ3v) is 4.72. The number of ether oxygens (including phenoxy) is 1. The summed E-state index contributed by atoms with van der Waals surface area (Å²) in [4.78, 5) is 36.0. The van der Waals surface area contributed by atoms with Gasteiger partial charge in [0.05, 0.1) is 0 Å². The number of amides is 3. The predicted octanol–water partition coefficient (Wildman–Crippen LogP) is 2.74. The van der Waals surface area contributed by atoms with E-state index in [0.717, 1.165) is 27.9 Å². The molecular formula is C23H28N4O4S. The van der Waals surface area contributed by atoms with Gasteiger partial charge in [-0.25, -0.2) is 0 Å². The first kappa shape index (κ1) is 24.8. The highest BCUT2D eigenvalue weighted by molar-refractivity contribution is 7.80. The average molecular weight is 457 g/mol. The van der Waals surface area contributed by atoms with Crippen molar-refractivity contribution in [2.45, 2.75) is 40.5 Å². The third kappa shape index (κ3) is 8.35. The molecule has 0 aliphatic heterocycles. The fraction of sp³-hybridized carbons (Fsp3) is 0.304. The fourth-order valence-electron chi connectivity index (χ4n) is 2.70. The Hall–Kier alpha value is -3.46. The first-order chi connectivity index (χ1) is 15.1. The Bertz CT molecular complexity index is 1020. The topological polar surface area (TPSA) is 109 Å². The molecule has 0 bridgehead atoms. The molecule has 2 rings (SSSR count). The standard InChI is InChI=1S/C23H28N4O4S/c1-14-5-7-16(3)18(11-14)24-20(28)9-10-21(29)26-27-23(32)25-22(30)13-31-19-12-15(2)6-8-17(19)4/h5-8,11-12H,9-10,13H2,1-4H3,(H,24,28)(H,26,29)(H2,25,27,30,32). The molecule has 2 aromatic carbocycles. The second kappa shape index (κ2) is 11.8. The van der Waals surface area contributed by atoms with Gasteiger partial charge in [0, 0.05) is 18.5 Å². The second-order valence-corrected chi connectivity index (χ2v) is 7.88. The number of nitrogens with one attached hydrogen (secondary N) is 4. The smallest absolute Gasteiger partial charge is 0.264 e. The van der Waals surface area contributed by atoms with Crippen molar-refractivity contribution in [3.8, 4) is 5.75 Å². The highest BCUT2D eigenvalue weighted by atomic mass is 32.1. The molecule has 8 nitrogen and oxygen atoms in total. The van der Waals surface area contributed by atoms with Gasteiger partial charge in [-0.1, -0.05) is 24.3 Å². The van der Waals surface area contributed by atoms with Crippen LogP contribution in [-0.4, -0.2) is 29.4 Å². The monoisotopic (exact) mass is 456 g/mol. The Labute approximate surface area is 193 Å². The maximum atomic E-state index is 12.1. The molecule has 0 aliphatic carbocycles. The van der Waals surface area contributed by atoms with Crippen LogP contribution in [0.3, 0.4) is 0 Å². The van der Waals surface area contributed by atoms with Gasteiger partial charge in [0.25, 0.3) is 5.91 Å². The van der Waals surface area contributed by atoms with Crippen molar-refractivity contribution in [3.05, 3.63) is 58.7 Å². The Morgan fingerprint density at radius 3 is 2.16 bits per heavy atom. The number of anilines is 1. The van der Waals surface area contributed by atoms with E-state index >= 15 is 0 Å². The molecule has 0 aromatic heterocycles. The third-order valence-electron chi connectivity index (χ3n) is 4.52. The number of hydrogen-bond donors (Lipinski definition) is 4.